The molecule has 0 saturated carbocycles. The van der Waals surface area contributed by atoms with E-state index >= 15 is 0 Å². The molecule has 4 rings (SSSR count). The molecular formula is C28H34N2O6. The molecule has 1 saturated heterocycles. The minimum atomic E-state index is -0.659. The molecule has 0 bridgehead atoms. The summed E-state index contributed by atoms with van der Waals surface area (Å²) < 4.78 is 22.1. The Morgan fingerprint density at radius 3 is 2.39 bits per heavy atom. The van der Waals surface area contributed by atoms with Crippen LogP contribution in [0, 0.1) is 5.92 Å². The van der Waals surface area contributed by atoms with Crippen molar-refractivity contribution in [3.8, 4) is 5.75 Å². The lowest BCUT2D eigenvalue weighted by atomic mass is 9.93. The third-order valence-corrected chi connectivity index (χ3v) is 6.35. The third-order valence-electron chi connectivity index (χ3n) is 6.35. The lowest BCUT2D eigenvalue weighted by molar-refractivity contribution is 0.0562. The number of carbonyl (C=O) groups is 2. The Bertz CT molecular complexity index is 1220. The van der Waals surface area contributed by atoms with E-state index in [9.17, 15) is 9.59 Å². The average molecular weight is 495 g/mol. The zero-order valence-corrected chi connectivity index (χ0v) is 21.3. The molecule has 2 amide bonds. The standard InChI is InChI=1S/C28H34N2O6/c1-28(2,3)24-17-22(25(36-24)26(31)33-4)30-27(32)29-21-9-10-23(20-8-6-5-7-19(20)21)35-16-13-18-11-14-34-15-12-18/h5-10,17-18H,11-16H2,1-4H3,(H2,29,30,32). The minimum Gasteiger partial charge on any atom is -0.493 e. The van der Waals surface area contributed by atoms with E-state index in [1.54, 1.807) is 6.07 Å². The van der Waals surface area contributed by atoms with Gasteiger partial charge in [0, 0.05) is 35.5 Å². The Labute approximate surface area is 211 Å². The summed E-state index contributed by atoms with van der Waals surface area (Å²) in [5.74, 6) is 1.27. The first-order chi connectivity index (χ1) is 17.3. The molecule has 0 radical (unpaired) electrons. The van der Waals surface area contributed by atoms with Crippen LogP contribution in [0.15, 0.2) is 46.9 Å². The van der Waals surface area contributed by atoms with Gasteiger partial charge < -0.3 is 29.3 Å². The van der Waals surface area contributed by atoms with Gasteiger partial charge in [-0.3, -0.25) is 0 Å². The zero-order valence-electron chi connectivity index (χ0n) is 21.3. The maximum absolute atomic E-state index is 12.9. The Hall–Kier alpha value is -3.52. The van der Waals surface area contributed by atoms with Crippen LogP contribution in [-0.4, -0.2) is 38.9 Å². The van der Waals surface area contributed by atoms with Gasteiger partial charge >= 0.3 is 12.0 Å². The summed E-state index contributed by atoms with van der Waals surface area (Å²) in [4.78, 5) is 25.1. The summed E-state index contributed by atoms with van der Waals surface area (Å²) in [5.41, 5.74) is 0.524. The van der Waals surface area contributed by atoms with Crippen molar-refractivity contribution in [2.24, 2.45) is 5.92 Å². The van der Waals surface area contributed by atoms with Gasteiger partial charge in [-0.25, -0.2) is 9.59 Å². The maximum atomic E-state index is 12.9. The number of benzene rings is 2. The van der Waals surface area contributed by atoms with Crippen LogP contribution in [-0.2, 0) is 14.9 Å². The number of nitrogens with one attached hydrogen (secondary N) is 2. The first-order valence-corrected chi connectivity index (χ1v) is 12.3. The molecule has 2 aromatic carbocycles. The molecule has 1 fully saturated rings. The first-order valence-electron chi connectivity index (χ1n) is 12.3. The van der Waals surface area contributed by atoms with Gasteiger partial charge in [-0.05, 0) is 37.3 Å². The summed E-state index contributed by atoms with van der Waals surface area (Å²) in [7, 11) is 1.27. The average Bonchev–Trinajstić information content (AvgIpc) is 3.29. The number of urea groups is 1. The number of amides is 2. The number of anilines is 2. The number of fused-ring (bicyclic) bond motifs is 1. The summed E-state index contributed by atoms with van der Waals surface area (Å²) in [6.45, 7) is 8.15. The van der Waals surface area contributed by atoms with Crippen LogP contribution >= 0.6 is 0 Å². The summed E-state index contributed by atoms with van der Waals surface area (Å²) >= 11 is 0. The molecule has 2 N–H and O–H groups in total. The molecule has 0 aliphatic carbocycles. The molecule has 3 aromatic rings. The van der Waals surface area contributed by atoms with Gasteiger partial charge in [-0.2, -0.15) is 0 Å². The zero-order chi connectivity index (χ0) is 25.7. The minimum absolute atomic E-state index is 0.0456. The summed E-state index contributed by atoms with van der Waals surface area (Å²) in [6, 6.07) is 12.6. The summed E-state index contributed by atoms with van der Waals surface area (Å²) in [5, 5.41) is 7.38. The van der Waals surface area contributed by atoms with E-state index in [0.717, 1.165) is 49.0 Å². The molecule has 0 spiro atoms. The lowest BCUT2D eigenvalue weighted by Crippen LogP contribution is -2.21. The summed E-state index contributed by atoms with van der Waals surface area (Å²) in [6.07, 6.45) is 3.14. The number of hydrogen-bond acceptors (Lipinski definition) is 6. The van der Waals surface area contributed by atoms with E-state index in [0.29, 0.717) is 24.0 Å². The van der Waals surface area contributed by atoms with Crippen molar-refractivity contribution < 1.29 is 28.2 Å². The van der Waals surface area contributed by atoms with Crippen molar-refractivity contribution in [2.75, 3.05) is 37.6 Å². The molecule has 1 aliphatic heterocycles. The molecular weight excluding hydrogens is 460 g/mol. The van der Waals surface area contributed by atoms with Crippen LogP contribution < -0.4 is 15.4 Å². The third kappa shape index (κ3) is 5.99. The van der Waals surface area contributed by atoms with Crippen LogP contribution in [0.5, 0.6) is 5.75 Å². The molecule has 8 heteroatoms. The van der Waals surface area contributed by atoms with Crippen molar-refractivity contribution in [1.82, 2.24) is 0 Å². The van der Waals surface area contributed by atoms with Gasteiger partial charge in [0.15, 0.2) is 0 Å². The Morgan fingerprint density at radius 2 is 1.69 bits per heavy atom. The van der Waals surface area contributed by atoms with Crippen LogP contribution in [0.4, 0.5) is 16.2 Å². The predicted molar refractivity (Wildman–Crippen MR) is 139 cm³/mol. The van der Waals surface area contributed by atoms with E-state index in [4.69, 9.17) is 18.6 Å². The van der Waals surface area contributed by atoms with Crippen molar-refractivity contribution >= 4 is 34.1 Å². The largest absolute Gasteiger partial charge is 0.493 e. The van der Waals surface area contributed by atoms with Gasteiger partial charge in [0.2, 0.25) is 5.76 Å². The predicted octanol–water partition coefficient (Wildman–Crippen LogP) is 6.36. The van der Waals surface area contributed by atoms with Crippen molar-refractivity contribution in [1.29, 1.82) is 0 Å². The lowest BCUT2D eigenvalue weighted by Gasteiger charge is -2.22. The fourth-order valence-corrected chi connectivity index (χ4v) is 4.25. The Kier molecular flexibility index (Phi) is 7.84. The molecule has 0 atom stereocenters. The van der Waals surface area contributed by atoms with Gasteiger partial charge in [0.05, 0.1) is 25.1 Å². The van der Waals surface area contributed by atoms with Crippen LogP contribution in [0.1, 0.15) is 56.3 Å². The normalized spacial score (nSPS) is 14.4. The van der Waals surface area contributed by atoms with E-state index in [1.165, 1.54) is 7.11 Å². The number of esters is 1. The molecule has 0 unspecified atom stereocenters. The molecule has 1 aliphatic rings. The number of hydrogen-bond donors (Lipinski definition) is 2. The number of methoxy groups -OCH3 is 1. The van der Waals surface area contributed by atoms with E-state index in [-0.39, 0.29) is 16.9 Å². The van der Waals surface area contributed by atoms with Gasteiger partial charge in [0.1, 0.15) is 11.5 Å². The highest BCUT2D eigenvalue weighted by Crippen LogP contribution is 2.33. The fraction of sp³-hybridized carbons (Fsp3) is 0.429. The fourth-order valence-electron chi connectivity index (χ4n) is 4.25. The maximum Gasteiger partial charge on any atom is 0.376 e. The van der Waals surface area contributed by atoms with Crippen LogP contribution in [0.2, 0.25) is 0 Å². The van der Waals surface area contributed by atoms with Crippen LogP contribution in [0.3, 0.4) is 0 Å². The second-order valence-corrected chi connectivity index (χ2v) is 10.0. The highest BCUT2D eigenvalue weighted by Gasteiger charge is 2.26. The first kappa shape index (κ1) is 25.6. The van der Waals surface area contributed by atoms with Gasteiger partial charge in [-0.15, -0.1) is 0 Å². The number of furan rings is 1. The second-order valence-electron chi connectivity index (χ2n) is 10.0. The van der Waals surface area contributed by atoms with Crippen molar-refractivity contribution in [3.63, 3.8) is 0 Å². The second kappa shape index (κ2) is 11.0. The Morgan fingerprint density at radius 1 is 1.00 bits per heavy atom. The number of rotatable bonds is 7. The molecule has 192 valence electrons. The molecule has 1 aromatic heterocycles. The van der Waals surface area contributed by atoms with Crippen LogP contribution in [0.25, 0.3) is 10.8 Å². The Balaban J connectivity index is 1.48. The smallest absolute Gasteiger partial charge is 0.376 e. The van der Waals surface area contributed by atoms with E-state index in [2.05, 4.69) is 10.6 Å². The van der Waals surface area contributed by atoms with E-state index in [1.807, 2.05) is 57.2 Å². The number of ether oxygens (including phenoxy) is 3. The number of carbonyl (C=O) groups excluding carboxylic acids is 2. The quantitative estimate of drug-likeness (QED) is 0.371. The topological polar surface area (TPSA) is 99.0 Å². The van der Waals surface area contributed by atoms with Gasteiger partial charge in [-0.1, -0.05) is 45.0 Å². The molecule has 8 nitrogen and oxygen atoms in total. The van der Waals surface area contributed by atoms with E-state index < -0.39 is 12.0 Å². The SMILES string of the molecule is COC(=O)c1oc(C(C)(C)C)cc1NC(=O)Nc1ccc(OCCC2CCOCC2)c2ccccc12. The highest BCUT2D eigenvalue weighted by atomic mass is 16.5. The van der Waals surface area contributed by atoms with Crippen molar-refractivity contribution in [3.05, 3.63) is 54.0 Å². The monoisotopic (exact) mass is 494 g/mol. The molecule has 36 heavy (non-hydrogen) atoms. The van der Waals surface area contributed by atoms with Crippen molar-refractivity contribution in [2.45, 2.75) is 45.4 Å². The highest BCUT2D eigenvalue weighted by molar-refractivity contribution is 6.09. The van der Waals surface area contributed by atoms with Gasteiger partial charge in [0.25, 0.3) is 0 Å². The molecule has 2 heterocycles.